The number of aliphatic hydroxyl groups is 1. The van der Waals surface area contributed by atoms with E-state index in [2.05, 4.69) is 12.2 Å². The molecule has 2 N–H and O–H groups in total. The van der Waals surface area contributed by atoms with Crippen LogP contribution in [0.15, 0.2) is 0 Å². The quantitative estimate of drug-likeness (QED) is 0.662. The Balaban J connectivity index is 2.46. The average molecular weight is 200 g/mol. The van der Waals surface area contributed by atoms with Crippen molar-refractivity contribution in [1.29, 1.82) is 0 Å². The van der Waals surface area contributed by atoms with E-state index >= 15 is 0 Å². The minimum atomic E-state index is 0.0411. The molecular formula is C10H20N2O2. The van der Waals surface area contributed by atoms with Gasteiger partial charge in [0.1, 0.15) is 0 Å². The standard InChI is InChI=1S/C10H20N2O2/c1-8-4-6-12(9(8)7-13)10(14)3-5-11-2/h8-9,11,13H,3-7H2,1-2H3. The zero-order valence-corrected chi connectivity index (χ0v) is 8.99. The van der Waals surface area contributed by atoms with Gasteiger partial charge in [-0.3, -0.25) is 4.79 Å². The Morgan fingerprint density at radius 1 is 1.64 bits per heavy atom. The van der Waals surface area contributed by atoms with Crippen molar-refractivity contribution in [3.8, 4) is 0 Å². The molecule has 1 amide bonds. The maximum absolute atomic E-state index is 11.7. The molecule has 2 atom stereocenters. The van der Waals surface area contributed by atoms with Crippen molar-refractivity contribution < 1.29 is 9.90 Å². The highest BCUT2D eigenvalue weighted by Crippen LogP contribution is 2.23. The molecule has 0 aliphatic carbocycles. The van der Waals surface area contributed by atoms with Crippen molar-refractivity contribution in [2.75, 3.05) is 26.7 Å². The van der Waals surface area contributed by atoms with Crippen LogP contribution in [-0.4, -0.2) is 48.7 Å². The van der Waals surface area contributed by atoms with Crippen LogP contribution in [0.1, 0.15) is 19.8 Å². The molecule has 2 unspecified atom stereocenters. The Labute approximate surface area is 85.3 Å². The molecule has 0 radical (unpaired) electrons. The van der Waals surface area contributed by atoms with Crippen LogP contribution >= 0.6 is 0 Å². The summed E-state index contributed by atoms with van der Waals surface area (Å²) < 4.78 is 0. The Morgan fingerprint density at radius 3 is 2.93 bits per heavy atom. The summed E-state index contributed by atoms with van der Waals surface area (Å²) in [5.74, 6) is 0.585. The number of rotatable bonds is 4. The molecule has 0 aromatic rings. The molecule has 0 saturated carbocycles. The van der Waals surface area contributed by atoms with Gasteiger partial charge in [0.15, 0.2) is 0 Å². The summed E-state index contributed by atoms with van der Waals surface area (Å²) in [4.78, 5) is 13.5. The molecule has 0 spiro atoms. The van der Waals surface area contributed by atoms with Crippen LogP contribution in [0.3, 0.4) is 0 Å². The van der Waals surface area contributed by atoms with Crippen LogP contribution in [0, 0.1) is 5.92 Å². The van der Waals surface area contributed by atoms with Crippen LogP contribution in [-0.2, 0) is 4.79 Å². The lowest BCUT2D eigenvalue weighted by Crippen LogP contribution is -2.40. The topological polar surface area (TPSA) is 52.6 Å². The van der Waals surface area contributed by atoms with Crippen molar-refractivity contribution >= 4 is 5.91 Å². The number of carbonyl (C=O) groups is 1. The van der Waals surface area contributed by atoms with E-state index in [-0.39, 0.29) is 18.6 Å². The van der Waals surface area contributed by atoms with Gasteiger partial charge in [0.2, 0.25) is 5.91 Å². The van der Waals surface area contributed by atoms with Crippen LogP contribution < -0.4 is 5.32 Å². The van der Waals surface area contributed by atoms with E-state index < -0.39 is 0 Å². The number of nitrogens with zero attached hydrogens (tertiary/aromatic N) is 1. The lowest BCUT2D eigenvalue weighted by molar-refractivity contribution is -0.133. The normalized spacial score (nSPS) is 26.9. The summed E-state index contributed by atoms with van der Waals surface area (Å²) in [6.45, 7) is 3.69. The summed E-state index contributed by atoms with van der Waals surface area (Å²) in [6.07, 6.45) is 1.54. The highest BCUT2D eigenvalue weighted by atomic mass is 16.3. The van der Waals surface area contributed by atoms with E-state index in [0.717, 1.165) is 13.0 Å². The fraction of sp³-hybridized carbons (Fsp3) is 0.900. The van der Waals surface area contributed by atoms with Crippen LogP contribution in [0.5, 0.6) is 0 Å². The van der Waals surface area contributed by atoms with Gasteiger partial charge in [-0.1, -0.05) is 6.92 Å². The summed E-state index contributed by atoms with van der Waals surface area (Å²) >= 11 is 0. The van der Waals surface area contributed by atoms with Crippen molar-refractivity contribution in [1.82, 2.24) is 10.2 Å². The van der Waals surface area contributed by atoms with E-state index in [1.54, 1.807) is 0 Å². The van der Waals surface area contributed by atoms with Gasteiger partial charge in [-0.2, -0.15) is 0 Å². The summed E-state index contributed by atoms with van der Waals surface area (Å²) in [5.41, 5.74) is 0. The van der Waals surface area contributed by atoms with Gasteiger partial charge < -0.3 is 15.3 Å². The molecule has 14 heavy (non-hydrogen) atoms. The summed E-state index contributed by atoms with van der Waals surface area (Å²) in [6, 6.07) is 0.0411. The first-order valence-corrected chi connectivity index (χ1v) is 5.25. The van der Waals surface area contributed by atoms with Gasteiger partial charge in [0, 0.05) is 19.5 Å². The largest absolute Gasteiger partial charge is 0.394 e. The number of hydrogen-bond acceptors (Lipinski definition) is 3. The van der Waals surface area contributed by atoms with Gasteiger partial charge >= 0.3 is 0 Å². The van der Waals surface area contributed by atoms with Crippen LogP contribution in [0.2, 0.25) is 0 Å². The van der Waals surface area contributed by atoms with Crippen molar-refractivity contribution in [3.05, 3.63) is 0 Å². The molecule has 4 nitrogen and oxygen atoms in total. The van der Waals surface area contributed by atoms with Gasteiger partial charge in [0.05, 0.1) is 12.6 Å². The maximum atomic E-state index is 11.7. The van der Waals surface area contributed by atoms with Crippen molar-refractivity contribution in [2.24, 2.45) is 5.92 Å². The van der Waals surface area contributed by atoms with E-state index in [4.69, 9.17) is 0 Å². The molecule has 1 fully saturated rings. The third-order valence-electron chi connectivity index (χ3n) is 2.98. The van der Waals surface area contributed by atoms with Gasteiger partial charge in [-0.25, -0.2) is 0 Å². The molecule has 82 valence electrons. The summed E-state index contributed by atoms with van der Waals surface area (Å²) in [5, 5.41) is 12.1. The Morgan fingerprint density at radius 2 is 2.36 bits per heavy atom. The SMILES string of the molecule is CNCCC(=O)N1CCC(C)C1CO. The average Bonchev–Trinajstić information content (AvgIpc) is 2.55. The number of carbonyl (C=O) groups excluding carboxylic acids is 1. The molecular weight excluding hydrogens is 180 g/mol. The first-order chi connectivity index (χ1) is 6.70. The van der Waals surface area contributed by atoms with Gasteiger partial charge in [-0.05, 0) is 19.4 Å². The predicted molar refractivity (Wildman–Crippen MR) is 54.9 cm³/mol. The second-order valence-electron chi connectivity index (χ2n) is 3.96. The Bertz CT molecular complexity index is 197. The van der Waals surface area contributed by atoms with E-state index in [1.807, 2.05) is 11.9 Å². The molecule has 4 heteroatoms. The first kappa shape index (κ1) is 11.5. The molecule has 0 aromatic carbocycles. The van der Waals surface area contributed by atoms with Crippen molar-refractivity contribution in [3.63, 3.8) is 0 Å². The van der Waals surface area contributed by atoms with Crippen LogP contribution in [0.25, 0.3) is 0 Å². The monoisotopic (exact) mass is 200 g/mol. The number of nitrogens with one attached hydrogen (secondary N) is 1. The Kier molecular flexibility index (Phi) is 4.35. The van der Waals surface area contributed by atoms with Crippen molar-refractivity contribution in [2.45, 2.75) is 25.8 Å². The predicted octanol–water partition coefficient (Wildman–Crippen LogP) is -0.175. The maximum Gasteiger partial charge on any atom is 0.224 e. The third-order valence-corrected chi connectivity index (χ3v) is 2.98. The van der Waals surface area contributed by atoms with Gasteiger partial charge in [0.25, 0.3) is 0 Å². The molecule has 1 saturated heterocycles. The van der Waals surface area contributed by atoms with E-state index in [0.29, 0.717) is 18.9 Å². The molecule has 1 heterocycles. The zero-order valence-electron chi connectivity index (χ0n) is 8.99. The second kappa shape index (κ2) is 5.32. The molecule has 0 bridgehead atoms. The fourth-order valence-corrected chi connectivity index (χ4v) is 1.97. The minimum absolute atomic E-state index is 0.0411. The first-order valence-electron chi connectivity index (χ1n) is 5.25. The lowest BCUT2D eigenvalue weighted by atomic mass is 10.0. The molecule has 1 aliphatic rings. The molecule has 1 aliphatic heterocycles. The van der Waals surface area contributed by atoms with Crippen LogP contribution in [0.4, 0.5) is 0 Å². The number of hydrogen-bond donors (Lipinski definition) is 2. The molecule has 1 rings (SSSR count). The van der Waals surface area contributed by atoms with E-state index in [9.17, 15) is 9.90 Å². The highest BCUT2D eigenvalue weighted by Gasteiger charge is 2.33. The smallest absolute Gasteiger partial charge is 0.224 e. The number of amides is 1. The lowest BCUT2D eigenvalue weighted by Gasteiger charge is -2.25. The zero-order chi connectivity index (χ0) is 10.6. The molecule has 0 aromatic heterocycles. The van der Waals surface area contributed by atoms with Gasteiger partial charge in [-0.15, -0.1) is 0 Å². The number of aliphatic hydroxyl groups excluding tert-OH is 1. The highest BCUT2D eigenvalue weighted by molar-refractivity contribution is 5.77. The number of likely N-dealkylation sites (tertiary alicyclic amines) is 1. The minimum Gasteiger partial charge on any atom is -0.394 e. The second-order valence-corrected chi connectivity index (χ2v) is 3.96. The summed E-state index contributed by atoms with van der Waals surface area (Å²) in [7, 11) is 1.84. The fourth-order valence-electron chi connectivity index (χ4n) is 1.97. The third kappa shape index (κ3) is 2.45. The van der Waals surface area contributed by atoms with E-state index in [1.165, 1.54) is 0 Å². The Hall–Kier alpha value is -0.610.